The van der Waals surface area contributed by atoms with Crippen LogP contribution in [0.1, 0.15) is 92.4 Å². The minimum absolute atomic E-state index is 0.0654. The van der Waals surface area contributed by atoms with Gasteiger partial charge >= 0.3 is 39.5 Å². The summed E-state index contributed by atoms with van der Waals surface area (Å²) in [6, 6.07) is -3.94. The van der Waals surface area contributed by atoms with Crippen LogP contribution in [0.4, 0.5) is 0 Å². The fourth-order valence-corrected chi connectivity index (χ4v) is 11.2. The minimum atomic E-state index is -5.87. The van der Waals surface area contributed by atoms with Crippen LogP contribution >= 0.6 is 15.6 Å². The van der Waals surface area contributed by atoms with Crippen molar-refractivity contribution in [2.75, 3.05) is 33.0 Å². The molecule has 4 aliphatic rings. The van der Waals surface area contributed by atoms with E-state index < -0.39 is 250 Å². The standard InChI is InChI=1S/C48H82N2O36P2/c1-6-8-23(56)13-32(61)81-41-33(50-31(60)12-20(3)53)44(86-88(72,73)74)79-29(37(41)64)18-76-43-34(49-21(4)54)42(75-11-10-24(9-7-2)78-22(5)55)40(85-87(69,70)71)30(80-43)19-77-47(45(65)66)15-28(36(63)39(83-47)27(59)17-52)82-48(46(67)68)14-25(57)35(62)38(84-48)26(58)16-51/h20,23-30,33-44,51-53,56-59,62-64H,6-19H2,1-5H3,(H,49,54)(H,50,60)(H,65,66)(H,67,68)(H2,69,70,71)(H2,72,73,74)/t20-,23+,24-,25+,26+,27+,28-,29+,30+,33+,34+,35-,36-,37-,38+,39-,40+,41+,42+,43+,44-,47+,48-/m1/s1. The van der Waals surface area contributed by atoms with Gasteiger partial charge in [-0.25, -0.2) is 18.7 Å². The third kappa shape index (κ3) is 21.7. The maximum absolute atomic E-state index is 13.6. The van der Waals surface area contributed by atoms with E-state index >= 15 is 0 Å². The fraction of sp³-hybridized carbons (Fsp3) is 0.875. The predicted molar refractivity (Wildman–Crippen MR) is 280 cm³/mol. The van der Waals surface area contributed by atoms with Gasteiger partial charge in [-0.05, 0) is 19.8 Å². The van der Waals surface area contributed by atoms with E-state index in [2.05, 4.69) is 10.6 Å². The van der Waals surface area contributed by atoms with Crippen molar-refractivity contribution in [1.82, 2.24) is 10.6 Å². The molecule has 23 atom stereocenters. The number of esters is 2. The summed E-state index contributed by atoms with van der Waals surface area (Å²) in [5, 5.41) is 132. The monoisotopic (exact) mass is 1320 g/mol. The zero-order valence-corrected chi connectivity index (χ0v) is 50.0. The number of hydrogen-bond donors (Lipinski definition) is 18. The van der Waals surface area contributed by atoms with Gasteiger partial charge in [0.2, 0.25) is 11.8 Å². The first-order valence-corrected chi connectivity index (χ1v) is 30.8. The average molecular weight is 1330 g/mol. The van der Waals surface area contributed by atoms with Crippen molar-refractivity contribution >= 4 is 51.3 Å². The van der Waals surface area contributed by atoms with Crippen molar-refractivity contribution in [2.45, 2.75) is 232 Å². The van der Waals surface area contributed by atoms with Crippen molar-refractivity contribution in [3.63, 3.8) is 0 Å². The number of carboxylic acids is 2. The Morgan fingerprint density at radius 3 is 1.76 bits per heavy atom. The van der Waals surface area contributed by atoms with Gasteiger partial charge < -0.3 is 139 Å². The third-order valence-electron chi connectivity index (χ3n) is 14.1. The van der Waals surface area contributed by atoms with Gasteiger partial charge in [0.15, 0.2) is 18.7 Å². The van der Waals surface area contributed by atoms with Crippen molar-refractivity contribution in [2.24, 2.45) is 0 Å². The molecule has 0 saturated carbocycles. The molecule has 0 radical (unpaired) electrons. The quantitative estimate of drug-likeness (QED) is 0.0210. The summed E-state index contributed by atoms with van der Waals surface area (Å²) in [4.78, 5) is 119. The Morgan fingerprint density at radius 1 is 0.659 bits per heavy atom. The number of aliphatic hydroxyl groups is 10. The van der Waals surface area contributed by atoms with Crippen molar-refractivity contribution in [3.05, 3.63) is 0 Å². The molecule has 0 aliphatic carbocycles. The lowest BCUT2D eigenvalue weighted by atomic mass is 9.90. The van der Waals surface area contributed by atoms with Crippen LogP contribution in [-0.4, -0.2) is 290 Å². The topological polar surface area (TPSA) is 595 Å². The Kier molecular flexibility index (Phi) is 29.5. The largest absolute Gasteiger partial charge is 0.477 e. The molecule has 0 aromatic carbocycles. The first-order chi connectivity index (χ1) is 40.9. The number of rotatable bonds is 34. The van der Waals surface area contributed by atoms with Crippen molar-refractivity contribution in [1.29, 1.82) is 0 Å². The Hall–Kier alpha value is -3.68. The zero-order valence-electron chi connectivity index (χ0n) is 48.2. The Bertz CT molecular complexity index is 2390. The van der Waals surface area contributed by atoms with Gasteiger partial charge in [-0.15, -0.1) is 0 Å². The summed E-state index contributed by atoms with van der Waals surface area (Å²) in [5.41, 5.74) is 0. The molecule has 4 rings (SSSR count). The first-order valence-electron chi connectivity index (χ1n) is 27.7. The lowest BCUT2D eigenvalue weighted by molar-refractivity contribution is -0.378. The van der Waals surface area contributed by atoms with Gasteiger partial charge in [0.1, 0.15) is 85.3 Å². The van der Waals surface area contributed by atoms with Crippen LogP contribution in [0.2, 0.25) is 0 Å². The Morgan fingerprint density at radius 2 is 1.23 bits per heavy atom. The van der Waals surface area contributed by atoms with Crippen molar-refractivity contribution in [3.8, 4) is 0 Å². The molecule has 510 valence electrons. The Labute approximate surface area is 501 Å². The van der Waals surface area contributed by atoms with E-state index in [1.165, 1.54) is 6.92 Å². The van der Waals surface area contributed by atoms with Crippen LogP contribution in [0.5, 0.6) is 0 Å². The lowest BCUT2D eigenvalue weighted by Crippen LogP contribution is -2.69. The number of hydrogen-bond acceptors (Lipinski definition) is 30. The first kappa shape index (κ1) is 76.8. The Balaban J connectivity index is 1.89. The van der Waals surface area contributed by atoms with Gasteiger partial charge in [-0.2, -0.15) is 0 Å². The SMILES string of the molecule is CCC[C@H](O)CC(=O)O[C@@H]1[C@H](O)[C@H](CO[C@H]2O[C@@H](CO[C@@]3(C(=O)O)C[C@@H](O[C@]4(C(=O)O)C[C@H](O)[C@@H](O)[C@H]([C@@H](O)CO)O4)[C@@H](O)[C@@H]([C@@H](O)CO)O3)[C@H](OP(=O)(O)O)[C@@H](OCC[C@@H](CCC)OC(C)=O)[C@@H]2NC(C)=O)O[C@H](OP(=O)(O)O)[C@H]1NC(=O)C[C@@H](C)O. The van der Waals surface area contributed by atoms with Crippen LogP contribution in [0.3, 0.4) is 0 Å². The molecule has 0 aromatic rings. The molecule has 0 spiro atoms. The molecular weight excluding hydrogens is 1240 g/mol. The fourth-order valence-electron chi connectivity index (χ4n) is 10.1. The van der Waals surface area contributed by atoms with Gasteiger partial charge in [-0.1, -0.05) is 26.7 Å². The van der Waals surface area contributed by atoms with E-state index in [0.29, 0.717) is 12.8 Å². The highest BCUT2D eigenvalue weighted by Crippen LogP contribution is 2.46. The summed E-state index contributed by atoms with van der Waals surface area (Å²) in [5.74, 6) is -15.1. The van der Waals surface area contributed by atoms with Gasteiger partial charge in [0.05, 0.1) is 70.3 Å². The van der Waals surface area contributed by atoms with E-state index in [0.717, 1.165) is 13.8 Å². The smallest absolute Gasteiger partial charge is 0.472 e. The molecule has 0 aromatic heterocycles. The van der Waals surface area contributed by atoms with E-state index in [4.69, 9.17) is 56.4 Å². The molecule has 38 nitrogen and oxygen atoms in total. The molecular formula is C48H82N2O36P2. The number of aliphatic hydroxyl groups excluding tert-OH is 10. The number of carbonyl (C=O) groups excluding carboxylic acids is 4. The number of carbonyl (C=O) groups is 6. The van der Waals surface area contributed by atoms with E-state index in [-0.39, 0.29) is 19.3 Å². The predicted octanol–water partition coefficient (Wildman–Crippen LogP) is -6.54. The number of carboxylic acid groups (broad SMARTS) is 2. The highest BCUT2D eigenvalue weighted by atomic mass is 31.2. The number of phosphoric ester groups is 2. The van der Waals surface area contributed by atoms with E-state index in [9.17, 15) is 119 Å². The van der Waals surface area contributed by atoms with Crippen molar-refractivity contribution < 1.29 is 175 Å². The molecule has 4 aliphatic heterocycles. The molecule has 0 bridgehead atoms. The summed E-state index contributed by atoms with van der Waals surface area (Å²) < 4.78 is 92.9. The number of ether oxygens (including phenoxy) is 10. The minimum Gasteiger partial charge on any atom is -0.477 e. The third-order valence-corrected chi connectivity index (χ3v) is 15.1. The number of nitrogens with one attached hydrogen (secondary N) is 2. The second kappa shape index (κ2) is 33.8. The van der Waals surface area contributed by atoms with Gasteiger partial charge in [-0.3, -0.25) is 28.2 Å². The van der Waals surface area contributed by atoms with Gasteiger partial charge in [0.25, 0.3) is 11.6 Å². The normalized spacial score (nSPS) is 34.7. The number of aliphatic carboxylic acids is 2. The second-order valence-electron chi connectivity index (χ2n) is 21.4. The summed E-state index contributed by atoms with van der Waals surface area (Å²) in [7, 11) is -11.6. The van der Waals surface area contributed by atoms with Crippen LogP contribution in [0, 0.1) is 0 Å². The molecule has 4 heterocycles. The maximum Gasteiger partial charge on any atom is 0.472 e. The summed E-state index contributed by atoms with van der Waals surface area (Å²) >= 11 is 0. The van der Waals surface area contributed by atoms with Crippen LogP contribution in [0.15, 0.2) is 0 Å². The highest BCUT2D eigenvalue weighted by molar-refractivity contribution is 7.46. The average Bonchev–Trinajstić information content (AvgIpc) is 0.829. The zero-order chi connectivity index (χ0) is 66.4. The molecule has 88 heavy (non-hydrogen) atoms. The number of phosphoric acid groups is 2. The number of amides is 2. The molecule has 2 amide bonds. The highest BCUT2D eigenvalue weighted by Gasteiger charge is 2.62. The maximum atomic E-state index is 13.6. The summed E-state index contributed by atoms with van der Waals surface area (Å²) in [6.07, 6.45) is -42.3. The van der Waals surface area contributed by atoms with E-state index in [1.807, 2.05) is 0 Å². The summed E-state index contributed by atoms with van der Waals surface area (Å²) in [6.45, 7) is 0.952. The molecule has 4 saturated heterocycles. The lowest BCUT2D eigenvalue weighted by Gasteiger charge is -2.50. The molecule has 0 unspecified atom stereocenters. The second-order valence-corrected chi connectivity index (χ2v) is 23.8. The van der Waals surface area contributed by atoms with E-state index in [1.54, 1.807) is 13.8 Å². The van der Waals surface area contributed by atoms with Crippen LogP contribution in [-0.2, 0) is 94.3 Å². The van der Waals surface area contributed by atoms with Crippen LogP contribution in [0.25, 0.3) is 0 Å². The van der Waals surface area contributed by atoms with Crippen LogP contribution < -0.4 is 10.6 Å². The molecule has 18 N–H and O–H groups in total. The molecule has 4 fully saturated rings. The van der Waals surface area contributed by atoms with Gasteiger partial charge in [0, 0.05) is 33.1 Å². The molecule has 40 heteroatoms.